The molecule has 51 heavy (non-hydrogen) atoms. The molecule has 0 aliphatic heterocycles. The second-order valence-corrected chi connectivity index (χ2v) is 17.2. The van der Waals surface area contributed by atoms with Gasteiger partial charge in [0.1, 0.15) is 34.2 Å². The van der Waals surface area contributed by atoms with Crippen LogP contribution in [-0.2, 0) is 9.47 Å². The van der Waals surface area contributed by atoms with E-state index in [1.807, 2.05) is 132 Å². The molecule has 11 nitrogen and oxygen atoms in total. The van der Waals surface area contributed by atoms with Crippen LogP contribution in [0.5, 0.6) is 0 Å². The predicted octanol–water partition coefficient (Wildman–Crippen LogP) is 10.1. The number of rotatable bonds is 7. The lowest BCUT2D eigenvalue weighted by atomic mass is 9.86. The average molecular weight is 697 g/mol. The number of imidazole rings is 2. The molecule has 0 saturated carbocycles. The summed E-state index contributed by atoms with van der Waals surface area (Å²) in [5.41, 5.74) is 3.32. The van der Waals surface area contributed by atoms with Crippen LogP contribution in [0.3, 0.4) is 0 Å². The number of H-pyrrole nitrogens is 2. The number of amides is 2. The zero-order valence-electron chi connectivity index (χ0n) is 31.9. The molecular weight excluding hydrogens is 644 g/mol. The minimum atomic E-state index is -0.608. The Morgan fingerprint density at radius 2 is 1.06 bits per heavy atom. The third-order valence-electron chi connectivity index (χ3n) is 8.10. The summed E-state index contributed by atoms with van der Waals surface area (Å²) < 4.78 is 17.3. The SMILES string of the molecule is CC(C)(C)OC(=O)N[C@H](c1ncc(-c2ccc(-c3cc4ccc(-c5cnc([C@@H](NC(=O)OC(C)(C)C)C(C)(C)C)[nH]5)cc4o3)cc2)[nH]1)C(C)(C)C. The topological polar surface area (TPSA) is 147 Å². The highest BCUT2D eigenvalue weighted by atomic mass is 16.6. The molecule has 0 radical (unpaired) electrons. The maximum absolute atomic E-state index is 12.6. The van der Waals surface area contributed by atoms with Crippen LogP contribution in [0.2, 0.25) is 0 Å². The number of hydrogen-bond donors (Lipinski definition) is 4. The van der Waals surface area contributed by atoms with Gasteiger partial charge in [-0.2, -0.15) is 0 Å². The standard InChI is InChI=1S/C40H52N6O5/c1-37(2,3)31(45-35(47)50-39(7,8)9)33-41-21-27(43-33)23-13-15-24(16-14-23)29-20-26-18-17-25(19-30(26)49-29)28-22-42-34(44-28)32(38(4,5)6)46-36(48)51-40(10,11)12/h13-22,31-32H,1-12H3,(H,41,43)(H,42,44)(H,45,47)(H,46,48)/t31-,32-/m1/s1. The molecule has 0 fully saturated rings. The fraction of sp³-hybridized carbons (Fsp3) is 0.450. The molecule has 272 valence electrons. The van der Waals surface area contributed by atoms with Gasteiger partial charge in [-0.05, 0) is 70.1 Å². The van der Waals surface area contributed by atoms with Crippen molar-refractivity contribution < 1.29 is 23.5 Å². The number of carbonyl (C=O) groups is 2. The maximum atomic E-state index is 12.6. The Kier molecular flexibility index (Phi) is 9.90. The zero-order valence-corrected chi connectivity index (χ0v) is 31.9. The van der Waals surface area contributed by atoms with Gasteiger partial charge in [0.15, 0.2) is 0 Å². The summed E-state index contributed by atoms with van der Waals surface area (Å²) in [6, 6.07) is 15.3. The van der Waals surface area contributed by atoms with E-state index in [0.717, 1.165) is 44.8 Å². The van der Waals surface area contributed by atoms with Crippen molar-refractivity contribution in [3.8, 4) is 33.8 Å². The van der Waals surface area contributed by atoms with Crippen LogP contribution in [0, 0.1) is 10.8 Å². The normalized spacial score (nSPS) is 13.9. The molecule has 2 atom stereocenters. The van der Waals surface area contributed by atoms with E-state index in [-0.39, 0.29) is 16.9 Å². The largest absolute Gasteiger partial charge is 0.456 e. The highest BCUT2D eigenvalue weighted by Crippen LogP contribution is 2.36. The van der Waals surface area contributed by atoms with Crippen molar-refractivity contribution in [2.75, 3.05) is 0 Å². The van der Waals surface area contributed by atoms with Crippen molar-refractivity contribution in [2.45, 2.75) is 106 Å². The van der Waals surface area contributed by atoms with Crippen molar-refractivity contribution >= 4 is 23.2 Å². The van der Waals surface area contributed by atoms with E-state index in [9.17, 15) is 9.59 Å². The molecule has 0 aliphatic carbocycles. The number of nitrogens with zero attached hydrogens (tertiary/aromatic N) is 2. The van der Waals surface area contributed by atoms with Crippen molar-refractivity contribution in [3.63, 3.8) is 0 Å². The maximum Gasteiger partial charge on any atom is 0.408 e. The second kappa shape index (κ2) is 13.6. The van der Waals surface area contributed by atoms with Crippen LogP contribution in [0.25, 0.3) is 44.8 Å². The molecular formula is C40H52N6O5. The van der Waals surface area contributed by atoms with Crippen LogP contribution in [0.4, 0.5) is 9.59 Å². The minimum Gasteiger partial charge on any atom is -0.456 e. The van der Waals surface area contributed by atoms with Crippen LogP contribution in [-0.4, -0.2) is 43.3 Å². The Bertz CT molecular complexity index is 1990. The lowest BCUT2D eigenvalue weighted by molar-refractivity contribution is 0.0448. The van der Waals surface area contributed by atoms with E-state index in [0.29, 0.717) is 11.6 Å². The summed E-state index contributed by atoms with van der Waals surface area (Å²) in [4.78, 5) is 41.3. The van der Waals surface area contributed by atoms with Gasteiger partial charge in [-0.15, -0.1) is 0 Å². The summed E-state index contributed by atoms with van der Waals surface area (Å²) in [7, 11) is 0. The van der Waals surface area contributed by atoms with Crippen LogP contribution in [0.1, 0.15) is 107 Å². The van der Waals surface area contributed by atoms with Crippen molar-refractivity contribution in [3.05, 3.63) is 72.6 Å². The van der Waals surface area contributed by atoms with Gasteiger partial charge in [-0.25, -0.2) is 19.6 Å². The Hall–Kier alpha value is -5.06. The molecule has 2 amide bonds. The van der Waals surface area contributed by atoms with Gasteiger partial charge in [0.05, 0.1) is 35.9 Å². The van der Waals surface area contributed by atoms with E-state index >= 15 is 0 Å². The minimum absolute atomic E-state index is 0.315. The van der Waals surface area contributed by atoms with Crippen molar-refractivity contribution in [1.29, 1.82) is 0 Å². The number of hydrogen-bond acceptors (Lipinski definition) is 7. The number of benzene rings is 2. The molecule has 0 spiro atoms. The van der Waals surface area contributed by atoms with E-state index < -0.39 is 29.4 Å². The van der Waals surface area contributed by atoms with E-state index in [2.05, 4.69) is 30.6 Å². The second-order valence-electron chi connectivity index (χ2n) is 17.2. The van der Waals surface area contributed by atoms with Crippen molar-refractivity contribution in [1.82, 2.24) is 30.6 Å². The van der Waals surface area contributed by atoms with Gasteiger partial charge in [0.2, 0.25) is 0 Å². The van der Waals surface area contributed by atoms with E-state index in [1.54, 1.807) is 12.4 Å². The van der Waals surface area contributed by atoms with Gasteiger partial charge >= 0.3 is 12.2 Å². The van der Waals surface area contributed by atoms with Gasteiger partial charge in [-0.1, -0.05) is 77.9 Å². The molecule has 0 saturated heterocycles. The Labute approximate surface area is 300 Å². The van der Waals surface area contributed by atoms with E-state index in [1.165, 1.54) is 0 Å². The summed E-state index contributed by atoms with van der Waals surface area (Å²) >= 11 is 0. The molecule has 0 aliphatic rings. The van der Waals surface area contributed by atoms with Crippen LogP contribution < -0.4 is 10.6 Å². The lowest BCUT2D eigenvalue weighted by Crippen LogP contribution is -2.40. The summed E-state index contributed by atoms with van der Waals surface area (Å²) in [5.74, 6) is 2.03. The molecule has 5 rings (SSSR count). The average Bonchev–Trinajstić information content (AvgIpc) is 3.75. The summed E-state index contributed by atoms with van der Waals surface area (Å²) in [5, 5.41) is 6.94. The number of ether oxygens (including phenoxy) is 2. The number of aromatic amines is 2. The first kappa shape index (κ1) is 37.2. The molecule has 3 aromatic heterocycles. The first-order chi connectivity index (χ1) is 23.6. The number of aromatic nitrogens is 4. The van der Waals surface area contributed by atoms with Gasteiger partial charge in [-0.3, -0.25) is 0 Å². The Balaban J connectivity index is 1.33. The lowest BCUT2D eigenvalue weighted by Gasteiger charge is -2.31. The third-order valence-corrected chi connectivity index (χ3v) is 8.10. The highest BCUT2D eigenvalue weighted by molar-refractivity contribution is 5.86. The number of fused-ring (bicyclic) bond motifs is 1. The molecule has 0 unspecified atom stereocenters. The zero-order chi connectivity index (χ0) is 37.5. The fourth-order valence-electron chi connectivity index (χ4n) is 5.66. The molecule has 5 aromatic rings. The molecule has 4 N–H and O–H groups in total. The predicted molar refractivity (Wildman–Crippen MR) is 200 cm³/mol. The summed E-state index contributed by atoms with van der Waals surface area (Å²) in [6.07, 6.45) is 2.57. The molecule has 11 heteroatoms. The molecule has 0 bridgehead atoms. The number of furan rings is 1. The molecule has 2 aromatic carbocycles. The first-order valence-corrected chi connectivity index (χ1v) is 17.3. The van der Waals surface area contributed by atoms with Gasteiger partial charge < -0.3 is 34.5 Å². The van der Waals surface area contributed by atoms with Crippen LogP contribution in [0.15, 0.2) is 65.3 Å². The summed E-state index contributed by atoms with van der Waals surface area (Å²) in [6.45, 7) is 23.3. The number of alkyl carbamates (subject to hydrolysis) is 2. The van der Waals surface area contributed by atoms with Gasteiger partial charge in [0, 0.05) is 16.5 Å². The number of carbonyl (C=O) groups excluding carboxylic acids is 2. The first-order valence-electron chi connectivity index (χ1n) is 17.3. The smallest absolute Gasteiger partial charge is 0.408 e. The van der Waals surface area contributed by atoms with Crippen LogP contribution >= 0.6 is 0 Å². The monoisotopic (exact) mass is 696 g/mol. The van der Waals surface area contributed by atoms with E-state index in [4.69, 9.17) is 13.9 Å². The Morgan fingerprint density at radius 1 is 0.627 bits per heavy atom. The quantitative estimate of drug-likeness (QED) is 0.132. The Morgan fingerprint density at radius 3 is 1.51 bits per heavy atom. The van der Waals surface area contributed by atoms with Crippen molar-refractivity contribution in [2.24, 2.45) is 10.8 Å². The van der Waals surface area contributed by atoms with Gasteiger partial charge in [0.25, 0.3) is 0 Å². The third kappa shape index (κ3) is 9.39. The highest BCUT2D eigenvalue weighted by Gasteiger charge is 2.33. The number of nitrogens with one attached hydrogen (secondary N) is 4. The fourth-order valence-corrected chi connectivity index (χ4v) is 5.66. The molecule has 3 heterocycles.